The van der Waals surface area contributed by atoms with Gasteiger partial charge in [0.15, 0.2) is 0 Å². The number of nitrogens with zero attached hydrogens (tertiary/aromatic N) is 1. The summed E-state index contributed by atoms with van der Waals surface area (Å²) in [4.78, 5) is 0. The minimum absolute atomic E-state index is 0.0207. The first kappa shape index (κ1) is 13.0. The Labute approximate surface area is 124 Å². The zero-order valence-electron chi connectivity index (χ0n) is 11.4. The quantitative estimate of drug-likeness (QED) is 0.922. The van der Waals surface area contributed by atoms with Crippen molar-refractivity contribution in [1.82, 2.24) is 9.03 Å². The lowest BCUT2D eigenvalue weighted by Crippen LogP contribution is -2.34. The summed E-state index contributed by atoms with van der Waals surface area (Å²) in [5.74, 6) is 0. The van der Waals surface area contributed by atoms with Gasteiger partial charge < -0.3 is 0 Å². The van der Waals surface area contributed by atoms with Crippen molar-refractivity contribution in [3.05, 3.63) is 71.3 Å². The molecule has 21 heavy (non-hydrogen) atoms. The van der Waals surface area contributed by atoms with E-state index in [4.69, 9.17) is 0 Å². The van der Waals surface area contributed by atoms with Crippen LogP contribution >= 0.6 is 0 Å². The molecule has 4 rings (SSSR count). The van der Waals surface area contributed by atoms with Crippen LogP contribution in [0.1, 0.15) is 22.7 Å². The highest BCUT2D eigenvalue weighted by molar-refractivity contribution is 7.87. The molecule has 0 bridgehead atoms. The summed E-state index contributed by atoms with van der Waals surface area (Å²) in [5, 5.41) is 0. The number of fused-ring (bicyclic) bond motifs is 3. The normalized spacial score (nSPS) is 26.5. The summed E-state index contributed by atoms with van der Waals surface area (Å²) >= 11 is 0. The second kappa shape index (κ2) is 4.66. The van der Waals surface area contributed by atoms with Gasteiger partial charge in [0.05, 0.1) is 12.1 Å². The molecule has 1 saturated heterocycles. The van der Waals surface area contributed by atoms with Gasteiger partial charge in [-0.1, -0.05) is 54.6 Å². The summed E-state index contributed by atoms with van der Waals surface area (Å²) in [5.41, 5.74) is 3.37. The van der Waals surface area contributed by atoms with Crippen molar-refractivity contribution < 1.29 is 8.42 Å². The Kier molecular flexibility index (Phi) is 2.89. The number of nitrogens with one attached hydrogen (secondary N) is 1. The molecule has 2 atom stereocenters. The topological polar surface area (TPSA) is 49.4 Å². The van der Waals surface area contributed by atoms with Crippen LogP contribution in [0, 0.1) is 0 Å². The maximum atomic E-state index is 12.4. The van der Waals surface area contributed by atoms with Crippen LogP contribution in [0.3, 0.4) is 0 Å². The van der Waals surface area contributed by atoms with Gasteiger partial charge in [0.1, 0.15) is 0 Å². The predicted molar refractivity (Wildman–Crippen MR) is 80.7 cm³/mol. The number of hydrogen-bond donors (Lipinski definition) is 1. The first-order chi connectivity index (χ1) is 10.1. The lowest BCUT2D eigenvalue weighted by Gasteiger charge is -2.20. The molecule has 0 radical (unpaired) electrons. The Morgan fingerprint density at radius 1 is 1.05 bits per heavy atom. The summed E-state index contributed by atoms with van der Waals surface area (Å²) in [6, 6.07) is 17.7. The maximum absolute atomic E-state index is 12.4. The molecule has 1 fully saturated rings. The molecule has 0 aromatic heterocycles. The van der Waals surface area contributed by atoms with Crippen molar-refractivity contribution in [2.45, 2.75) is 25.0 Å². The summed E-state index contributed by atoms with van der Waals surface area (Å²) < 4.78 is 29.2. The molecule has 5 heteroatoms. The minimum Gasteiger partial charge on any atom is -0.195 e. The molecule has 1 N–H and O–H groups in total. The van der Waals surface area contributed by atoms with Crippen molar-refractivity contribution in [2.75, 3.05) is 0 Å². The molecule has 2 aromatic rings. The van der Waals surface area contributed by atoms with Gasteiger partial charge in [-0.3, -0.25) is 0 Å². The number of benzene rings is 2. The molecule has 1 unspecified atom stereocenters. The molecular weight excluding hydrogens is 284 g/mol. The first-order valence-electron chi connectivity index (χ1n) is 7.06. The third kappa shape index (κ3) is 2.09. The average molecular weight is 300 g/mol. The minimum atomic E-state index is -3.40. The van der Waals surface area contributed by atoms with Crippen molar-refractivity contribution in [1.29, 1.82) is 0 Å². The van der Waals surface area contributed by atoms with E-state index in [0.717, 1.165) is 17.5 Å². The van der Waals surface area contributed by atoms with Gasteiger partial charge in [0.25, 0.3) is 10.2 Å². The summed E-state index contributed by atoms with van der Waals surface area (Å²) in [6.07, 6.45) is 0.778. The molecule has 1 aliphatic carbocycles. The molecule has 4 nitrogen and oxygen atoms in total. The van der Waals surface area contributed by atoms with Gasteiger partial charge in [-0.05, 0) is 23.1 Å². The van der Waals surface area contributed by atoms with E-state index in [9.17, 15) is 8.42 Å². The maximum Gasteiger partial charge on any atom is 0.280 e. The Bertz CT molecular complexity index is 774. The van der Waals surface area contributed by atoms with Gasteiger partial charge in [-0.25, -0.2) is 0 Å². The zero-order valence-corrected chi connectivity index (χ0v) is 12.3. The Morgan fingerprint density at radius 2 is 1.76 bits per heavy atom. The smallest absolute Gasteiger partial charge is 0.195 e. The van der Waals surface area contributed by atoms with Crippen LogP contribution in [-0.4, -0.2) is 18.8 Å². The summed E-state index contributed by atoms with van der Waals surface area (Å²) in [7, 11) is -3.40. The highest BCUT2D eigenvalue weighted by Crippen LogP contribution is 2.40. The SMILES string of the molecule is O=S1(=O)NC2c3ccccc3C[C@@H]2N1Cc1ccccc1. The van der Waals surface area contributed by atoms with E-state index in [1.54, 1.807) is 4.31 Å². The fourth-order valence-corrected chi connectivity index (χ4v) is 4.97. The Morgan fingerprint density at radius 3 is 2.57 bits per heavy atom. The third-order valence-electron chi connectivity index (χ3n) is 4.34. The first-order valence-corrected chi connectivity index (χ1v) is 8.50. The summed E-state index contributed by atoms with van der Waals surface area (Å²) in [6.45, 7) is 0.422. The van der Waals surface area contributed by atoms with Crippen LogP contribution in [0.4, 0.5) is 0 Å². The van der Waals surface area contributed by atoms with E-state index in [1.165, 1.54) is 5.56 Å². The van der Waals surface area contributed by atoms with Gasteiger partial charge in [0, 0.05) is 6.54 Å². The van der Waals surface area contributed by atoms with Crippen LogP contribution in [0.2, 0.25) is 0 Å². The van der Waals surface area contributed by atoms with E-state index in [0.29, 0.717) is 6.54 Å². The predicted octanol–water partition coefficient (Wildman–Crippen LogP) is 2.00. The van der Waals surface area contributed by atoms with Gasteiger partial charge in [-0.2, -0.15) is 17.4 Å². The van der Waals surface area contributed by atoms with Gasteiger partial charge >= 0.3 is 0 Å². The van der Waals surface area contributed by atoms with Crippen molar-refractivity contribution in [3.63, 3.8) is 0 Å². The molecule has 1 heterocycles. The third-order valence-corrected chi connectivity index (χ3v) is 5.91. The monoisotopic (exact) mass is 300 g/mol. The van der Waals surface area contributed by atoms with Crippen LogP contribution in [0.15, 0.2) is 54.6 Å². The fourth-order valence-electron chi connectivity index (χ4n) is 3.36. The lowest BCUT2D eigenvalue weighted by atomic mass is 10.1. The Hall–Kier alpha value is -1.69. The lowest BCUT2D eigenvalue weighted by molar-refractivity contribution is 0.325. The highest BCUT2D eigenvalue weighted by atomic mass is 32.2. The molecule has 1 aliphatic heterocycles. The molecule has 0 saturated carbocycles. The average Bonchev–Trinajstić information content (AvgIpc) is 2.94. The van der Waals surface area contributed by atoms with Crippen LogP contribution in [-0.2, 0) is 23.2 Å². The zero-order chi connectivity index (χ0) is 14.4. The second-order valence-electron chi connectivity index (χ2n) is 5.60. The Balaban J connectivity index is 1.69. The largest absolute Gasteiger partial charge is 0.280 e. The molecule has 2 aliphatic rings. The van der Waals surface area contributed by atoms with Gasteiger partial charge in [0.2, 0.25) is 0 Å². The van der Waals surface area contributed by atoms with Crippen molar-refractivity contribution in [3.8, 4) is 0 Å². The van der Waals surface area contributed by atoms with E-state index in [1.807, 2.05) is 48.5 Å². The standard InChI is InChI=1S/C16H16N2O2S/c19-21(20)17-16-14-9-5-4-8-13(14)10-15(16)18(21)11-12-6-2-1-3-7-12/h1-9,15-17H,10-11H2/t15-,16?/m0/s1. The molecule has 0 amide bonds. The molecule has 0 spiro atoms. The number of hydrogen-bond acceptors (Lipinski definition) is 2. The number of rotatable bonds is 2. The fraction of sp³-hybridized carbons (Fsp3) is 0.250. The van der Waals surface area contributed by atoms with Gasteiger partial charge in [-0.15, -0.1) is 0 Å². The van der Waals surface area contributed by atoms with E-state index in [2.05, 4.69) is 10.8 Å². The van der Waals surface area contributed by atoms with Crippen LogP contribution < -0.4 is 4.72 Å². The van der Waals surface area contributed by atoms with Crippen LogP contribution in [0.5, 0.6) is 0 Å². The molecule has 2 aromatic carbocycles. The molecule has 108 valence electrons. The van der Waals surface area contributed by atoms with Crippen molar-refractivity contribution >= 4 is 10.2 Å². The van der Waals surface area contributed by atoms with Crippen molar-refractivity contribution in [2.24, 2.45) is 0 Å². The van der Waals surface area contributed by atoms with E-state index >= 15 is 0 Å². The molecular formula is C16H16N2O2S. The second-order valence-corrected chi connectivity index (χ2v) is 7.26. The van der Waals surface area contributed by atoms with E-state index < -0.39 is 10.2 Å². The van der Waals surface area contributed by atoms with E-state index in [-0.39, 0.29) is 12.1 Å². The van der Waals surface area contributed by atoms with Crippen LogP contribution in [0.25, 0.3) is 0 Å². The highest BCUT2D eigenvalue weighted by Gasteiger charge is 2.48.